The van der Waals surface area contributed by atoms with Gasteiger partial charge in [-0.05, 0) is 43.2 Å². The fourth-order valence-corrected chi connectivity index (χ4v) is 2.17. The first kappa shape index (κ1) is 17.3. The lowest BCUT2D eigenvalue weighted by Crippen LogP contribution is -2.22. The summed E-state index contributed by atoms with van der Waals surface area (Å²) in [6.45, 7) is 3.65. The molecule has 3 N–H and O–H groups in total. The van der Waals surface area contributed by atoms with Gasteiger partial charge >= 0.3 is 0 Å². The maximum atomic E-state index is 12.1. The number of carbonyl (C=O) groups is 2. The van der Waals surface area contributed by atoms with E-state index in [-0.39, 0.29) is 23.8 Å². The number of methoxy groups -OCH3 is 1. The molecule has 0 saturated heterocycles. The lowest BCUT2D eigenvalue weighted by Gasteiger charge is -2.13. The third-order valence-electron chi connectivity index (χ3n) is 3.69. The summed E-state index contributed by atoms with van der Waals surface area (Å²) in [7, 11) is 1.50. The summed E-state index contributed by atoms with van der Waals surface area (Å²) in [6, 6.07) is 10.3. The molecule has 0 aliphatic heterocycles. The van der Waals surface area contributed by atoms with Gasteiger partial charge in [0.05, 0.1) is 12.7 Å². The molecule has 0 bridgehead atoms. The monoisotopic (exact) mass is 328 g/mol. The lowest BCUT2D eigenvalue weighted by molar-refractivity contribution is -0.118. The first-order chi connectivity index (χ1) is 11.4. The van der Waals surface area contributed by atoms with Crippen molar-refractivity contribution in [2.45, 2.75) is 13.8 Å². The van der Waals surface area contributed by atoms with E-state index in [0.29, 0.717) is 5.75 Å². The van der Waals surface area contributed by atoms with Crippen LogP contribution in [-0.4, -0.2) is 25.5 Å². The second-order valence-electron chi connectivity index (χ2n) is 5.31. The summed E-state index contributed by atoms with van der Waals surface area (Å²) in [6.07, 6.45) is 0. The number of rotatable bonds is 6. The van der Waals surface area contributed by atoms with Crippen molar-refractivity contribution < 1.29 is 19.1 Å². The van der Waals surface area contributed by atoms with E-state index in [1.54, 1.807) is 6.07 Å². The van der Waals surface area contributed by atoms with Crippen molar-refractivity contribution in [3.8, 4) is 11.5 Å². The average Bonchev–Trinajstić information content (AvgIpc) is 2.56. The van der Waals surface area contributed by atoms with Crippen LogP contribution in [0.15, 0.2) is 36.4 Å². The molecular formula is C18H20N2O4. The van der Waals surface area contributed by atoms with E-state index in [1.807, 2.05) is 32.0 Å². The van der Waals surface area contributed by atoms with Gasteiger partial charge in [0.25, 0.3) is 11.8 Å². The topological polar surface area (TPSA) is 90.7 Å². The predicted octanol–water partition coefficient (Wildman–Crippen LogP) is 2.43. The molecule has 2 amide bonds. The van der Waals surface area contributed by atoms with Crippen molar-refractivity contribution in [3.63, 3.8) is 0 Å². The number of ether oxygens (including phenoxy) is 2. The van der Waals surface area contributed by atoms with E-state index in [1.165, 1.54) is 19.2 Å². The van der Waals surface area contributed by atoms with Crippen molar-refractivity contribution in [2.75, 3.05) is 19.0 Å². The van der Waals surface area contributed by atoms with Gasteiger partial charge in [0.15, 0.2) is 6.61 Å². The van der Waals surface area contributed by atoms with Crippen molar-refractivity contribution in [3.05, 3.63) is 53.1 Å². The quantitative estimate of drug-likeness (QED) is 0.852. The molecule has 0 radical (unpaired) electrons. The Morgan fingerprint density at radius 2 is 1.92 bits per heavy atom. The molecule has 0 aliphatic carbocycles. The number of aryl methyl sites for hydroxylation is 1. The summed E-state index contributed by atoms with van der Waals surface area (Å²) in [5.41, 5.74) is 8.30. The third kappa shape index (κ3) is 4.04. The zero-order valence-electron chi connectivity index (χ0n) is 13.9. The standard InChI is InChI=1S/C18H20N2O4/c1-11-5-4-6-15(12(11)2)20-17(21)10-24-16-9-13(23-3)7-8-14(16)18(19)22/h4-9H,10H2,1-3H3,(H2,19,22)(H,20,21). The molecule has 0 heterocycles. The minimum Gasteiger partial charge on any atom is -0.497 e. The summed E-state index contributed by atoms with van der Waals surface area (Å²) in [5, 5.41) is 2.79. The van der Waals surface area contributed by atoms with Crippen LogP contribution >= 0.6 is 0 Å². The highest BCUT2D eigenvalue weighted by atomic mass is 16.5. The Kier molecular flexibility index (Phi) is 5.42. The van der Waals surface area contributed by atoms with Crippen LogP contribution < -0.4 is 20.5 Å². The number of benzene rings is 2. The molecule has 0 fully saturated rings. The molecule has 2 rings (SSSR count). The Morgan fingerprint density at radius 3 is 2.58 bits per heavy atom. The van der Waals surface area contributed by atoms with Crippen molar-refractivity contribution in [2.24, 2.45) is 5.73 Å². The highest BCUT2D eigenvalue weighted by Crippen LogP contribution is 2.24. The molecule has 0 spiro atoms. The van der Waals surface area contributed by atoms with Gasteiger partial charge in [-0.1, -0.05) is 12.1 Å². The molecule has 0 aliphatic rings. The van der Waals surface area contributed by atoms with Crippen molar-refractivity contribution in [1.82, 2.24) is 0 Å². The van der Waals surface area contributed by atoms with Gasteiger partial charge in [-0.3, -0.25) is 9.59 Å². The zero-order chi connectivity index (χ0) is 17.7. The molecule has 0 atom stereocenters. The van der Waals surface area contributed by atoms with Crippen LogP contribution in [0, 0.1) is 13.8 Å². The number of hydrogen-bond acceptors (Lipinski definition) is 4. The van der Waals surface area contributed by atoms with Crippen LogP contribution in [-0.2, 0) is 4.79 Å². The Balaban J connectivity index is 2.08. The summed E-state index contributed by atoms with van der Waals surface area (Å²) >= 11 is 0. The second kappa shape index (κ2) is 7.50. The number of carbonyl (C=O) groups excluding carboxylic acids is 2. The van der Waals surface area contributed by atoms with Gasteiger partial charge in [-0.15, -0.1) is 0 Å². The number of anilines is 1. The average molecular weight is 328 g/mol. The van der Waals surface area contributed by atoms with Crippen molar-refractivity contribution in [1.29, 1.82) is 0 Å². The van der Waals surface area contributed by atoms with E-state index in [4.69, 9.17) is 15.2 Å². The van der Waals surface area contributed by atoms with Gasteiger partial charge in [0.2, 0.25) is 0 Å². The van der Waals surface area contributed by atoms with Gasteiger partial charge < -0.3 is 20.5 Å². The van der Waals surface area contributed by atoms with Gasteiger partial charge in [0, 0.05) is 11.8 Å². The Bertz CT molecular complexity index is 772. The van der Waals surface area contributed by atoms with E-state index >= 15 is 0 Å². The van der Waals surface area contributed by atoms with Crippen LogP contribution in [0.1, 0.15) is 21.5 Å². The molecule has 24 heavy (non-hydrogen) atoms. The second-order valence-corrected chi connectivity index (χ2v) is 5.31. The van der Waals surface area contributed by atoms with Crippen LogP contribution in [0.25, 0.3) is 0 Å². The lowest BCUT2D eigenvalue weighted by atomic mass is 10.1. The fourth-order valence-electron chi connectivity index (χ4n) is 2.17. The number of nitrogens with two attached hydrogens (primary N) is 1. The molecule has 0 saturated carbocycles. The predicted molar refractivity (Wildman–Crippen MR) is 91.6 cm³/mol. The first-order valence-electron chi connectivity index (χ1n) is 7.39. The summed E-state index contributed by atoms with van der Waals surface area (Å²) in [4.78, 5) is 23.5. The number of primary amides is 1. The van der Waals surface area contributed by atoms with Gasteiger partial charge in [0.1, 0.15) is 11.5 Å². The largest absolute Gasteiger partial charge is 0.497 e. The maximum Gasteiger partial charge on any atom is 0.262 e. The van der Waals surface area contributed by atoms with E-state index in [9.17, 15) is 9.59 Å². The number of hydrogen-bond donors (Lipinski definition) is 2. The normalized spacial score (nSPS) is 10.1. The molecule has 0 unspecified atom stereocenters. The third-order valence-corrected chi connectivity index (χ3v) is 3.69. The molecule has 6 nitrogen and oxygen atoms in total. The highest BCUT2D eigenvalue weighted by Gasteiger charge is 2.13. The Hall–Kier alpha value is -3.02. The smallest absolute Gasteiger partial charge is 0.262 e. The maximum absolute atomic E-state index is 12.1. The van der Waals surface area contributed by atoms with Crippen molar-refractivity contribution >= 4 is 17.5 Å². The molecule has 6 heteroatoms. The molecular weight excluding hydrogens is 308 g/mol. The minimum atomic E-state index is -0.636. The minimum absolute atomic E-state index is 0.190. The first-order valence-corrected chi connectivity index (χ1v) is 7.39. The Morgan fingerprint density at radius 1 is 1.17 bits per heavy atom. The van der Waals surface area contributed by atoms with Gasteiger partial charge in [-0.25, -0.2) is 0 Å². The zero-order valence-corrected chi connectivity index (χ0v) is 13.9. The number of amides is 2. The van der Waals surface area contributed by atoms with Crippen LogP contribution in [0.4, 0.5) is 5.69 Å². The Labute approximate surface area is 140 Å². The molecule has 2 aromatic rings. The SMILES string of the molecule is COc1ccc(C(N)=O)c(OCC(=O)Nc2cccc(C)c2C)c1. The van der Waals surface area contributed by atoms with Crippen LogP contribution in [0.3, 0.4) is 0 Å². The number of nitrogens with one attached hydrogen (secondary N) is 1. The van der Waals surface area contributed by atoms with E-state index < -0.39 is 5.91 Å². The summed E-state index contributed by atoms with van der Waals surface area (Å²) < 4.78 is 10.5. The molecule has 126 valence electrons. The summed E-state index contributed by atoms with van der Waals surface area (Å²) in [5.74, 6) is -0.257. The van der Waals surface area contributed by atoms with E-state index in [0.717, 1.165) is 16.8 Å². The van der Waals surface area contributed by atoms with Crippen LogP contribution in [0.2, 0.25) is 0 Å². The molecule has 2 aromatic carbocycles. The fraction of sp³-hybridized carbons (Fsp3) is 0.222. The van der Waals surface area contributed by atoms with Crippen LogP contribution in [0.5, 0.6) is 11.5 Å². The van der Waals surface area contributed by atoms with E-state index in [2.05, 4.69) is 5.32 Å². The highest BCUT2D eigenvalue weighted by molar-refractivity contribution is 5.96. The van der Waals surface area contributed by atoms with Gasteiger partial charge in [-0.2, -0.15) is 0 Å². The molecule has 0 aromatic heterocycles.